The second kappa shape index (κ2) is 8.38. The molecular weight excluding hydrogens is 244 g/mol. The van der Waals surface area contributed by atoms with Gasteiger partial charge in [-0.15, -0.1) is 0 Å². The van der Waals surface area contributed by atoms with E-state index in [1.54, 1.807) is 0 Å². The quantitative estimate of drug-likeness (QED) is 0.610. The summed E-state index contributed by atoms with van der Waals surface area (Å²) in [7, 11) is 0. The topological polar surface area (TPSA) is 15.3 Å². The molecular formula is C18H36N2. The largest absolute Gasteiger partial charge is 0.313 e. The fourth-order valence-electron chi connectivity index (χ4n) is 3.67. The fourth-order valence-corrected chi connectivity index (χ4v) is 3.67. The standard InChI is InChI=1S/C18H36N2/c1-3-5-13-20(14-6-4-2)16-18(11-7-8-12-18)15-19-17-9-10-17/h17,19H,3-16H2,1-2H3. The monoisotopic (exact) mass is 280 g/mol. The first-order chi connectivity index (χ1) is 9.78. The molecule has 2 aliphatic rings. The molecule has 0 heterocycles. The highest BCUT2D eigenvalue weighted by Gasteiger charge is 2.36. The molecule has 0 saturated heterocycles. The van der Waals surface area contributed by atoms with Crippen LogP contribution in [0.5, 0.6) is 0 Å². The lowest BCUT2D eigenvalue weighted by Gasteiger charge is -2.36. The molecule has 2 heteroatoms. The van der Waals surface area contributed by atoms with E-state index in [1.165, 1.54) is 90.4 Å². The van der Waals surface area contributed by atoms with E-state index in [4.69, 9.17) is 0 Å². The van der Waals surface area contributed by atoms with Crippen LogP contribution in [0.4, 0.5) is 0 Å². The number of nitrogens with zero attached hydrogens (tertiary/aromatic N) is 1. The highest BCUT2D eigenvalue weighted by atomic mass is 15.1. The maximum atomic E-state index is 3.83. The van der Waals surface area contributed by atoms with E-state index in [0.717, 1.165) is 6.04 Å². The van der Waals surface area contributed by atoms with Crippen LogP contribution < -0.4 is 5.32 Å². The third kappa shape index (κ3) is 5.37. The normalized spacial score (nSPS) is 21.8. The van der Waals surface area contributed by atoms with Crippen molar-refractivity contribution in [1.29, 1.82) is 0 Å². The molecule has 0 unspecified atom stereocenters. The lowest BCUT2D eigenvalue weighted by atomic mass is 9.85. The molecule has 0 radical (unpaired) electrons. The van der Waals surface area contributed by atoms with Gasteiger partial charge in [-0.25, -0.2) is 0 Å². The van der Waals surface area contributed by atoms with Gasteiger partial charge in [0.2, 0.25) is 0 Å². The summed E-state index contributed by atoms with van der Waals surface area (Å²) in [5.41, 5.74) is 0.601. The fraction of sp³-hybridized carbons (Fsp3) is 1.00. The lowest BCUT2D eigenvalue weighted by molar-refractivity contribution is 0.144. The molecule has 0 aromatic heterocycles. The van der Waals surface area contributed by atoms with Crippen molar-refractivity contribution in [2.24, 2.45) is 5.41 Å². The second-order valence-electron chi connectivity index (χ2n) is 7.35. The second-order valence-corrected chi connectivity index (χ2v) is 7.35. The molecule has 118 valence electrons. The van der Waals surface area contributed by atoms with Crippen LogP contribution in [0.2, 0.25) is 0 Å². The van der Waals surface area contributed by atoms with Crippen LogP contribution in [0, 0.1) is 5.41 Å². The first kappa shape index (κ1) is 16.3. The molecule has 20 heavy (non-hydrogen) atoms. The van der Waals surface area contributed by atoms with E-state index in [1.807, 2.05) is 0 Å². The Labute approximate surface area is 126 Å². The van der Waals surface area contributed by atoms with Crippen molar-refractivity contribution in [3.8, 4) is 0 Å². The number of hydrogen-bond donors (Lipinski definition) is 1. The first-order valence-corrected chi connectivity index (χ1v) is 9.24. The maximum Gasteiger partial charge on any atom is 0.00684 e. The van der Waals surface area contributed by atoms with Crippen molar-refractivity contribution < 1.29 is 0 Å². The smallest absolute Gasteiger partial charge is 0.00684 e. The molecule has 2 fully saturated rings. The van der Waals surface area contributed by atoms with Gasteiger partial charge in [-0.3, -0.25) is 0 Å². The molecule has 2 saturated carbocycles. The van der Waals surface area contributed by atoms with E-state index < -0.39 is 0 Å². The van der Waals surface area contributed by atoms with Gasteiger partial charge in [0, 0.05) is 19.1 Å². The van der Waals surface area contributed by atoms with E-state index in [-0.39, 0.29) is 0 Å². The van der Waals surface area contributed by atoms with Crippen LogP contribution >= 0.6 is 0 Å². The predicted octanol–water partition coefficient (Wildman–Crippen LogP) is 4.20. The van der Waals surface area contributed by atoms with Crippen molar-refractivity contribution in [3.63, 3.8) is 0 Å². The molecule has 0 bridgehead atoms. The summed E-state index contributed by atoms with van der Waals surface area (Å²) < 4.78 is 0. The third-order valence-corrected chi connectivity index (χ3v) is 5.22. The van der Waals surface area contributed by atoms with Crippen molar-refractivity contribution in [2.45, 2.75) is 84.1 Å². The van der Waals surface area contributed by atoms with Gasteiger partial charge in [0.25, 0.3) is 0 Å². The van der Waals surface area contributed by atoms with E-state index >= 15 is 0 Å². The highest BCUT2D eigenvalue weighted by molar-refractivity contribution is 4.92. The van der Waals surface area contributed by atoms with Crippen LogP contribution in [0.25, 0.3) is 0 Å². The zero-order chi connectivity index (χ0) is 14.3. The van der Waals surface area contributed by atoms with Gasteiger partial charge in [0.05, 0.1) is 0 Å². The van der Waals surface area contributed by atoms with Gasteiger partial charge in [-0.2, -0.15) is 0 Å². The summed E-state index contributed by atoms with van der Waals surface area (Å²) in [5.74, 6) is 0. The van der Waals surface area contributed by atoms with Crippen LogP contribution in [-0.4, -0.2) is 37.1 Å². The first-order valence-electron chi connectivity index (χ1n) is 9.24. The molecule has 0 aromatic rings. The molecule has 0 aliphatic heterocycles. The average molecular weight is 280 g/mol. The zero-order valence-electron chi connectivity index (χ0n) is 13.9. The van der Waals surface area contributed by atoms with E-state index in [0.29, 0.717) is 5.41 Å². The molecule has 0 aromatic carbocycles. The Morgan fingerprint density at radius 3 is 2.10 bits per heavy atom. The SMILES string of the molecule is CCCCN(CCCC)CC1(CNC2CC2)CCCC1. The van der Waals surface area contributed by atoms with Crippen LogP contribution in [0.15, 0.2) is 0 Å². The minimum atomic E-state index is 0.601. The molecule has 0 atom stereocenters. The average Bonchev–Trinajstić information content (AvgIpc) is 3.19. The molecule has 2 nitrogen and oxygen atoms in total. The van der Waals surface area contributed by atoms with Crippen LogP contribution in [-0.2, 0) is 0 Å². The Morgan fingerprint density at radius 2 is 1.60 bits per heavy atom. The summed E-state index contributed by atoms with van der Waals surface area (Å²) in [4.78, 5) is 2.78. The number of rotatable bonds is 11. The van der Waals surface area contributed by atoms with Crippen molar-refractivity contribution >= 4 is 0 Å². The van der Waals surface area contributed by atoms with Gasteiger partial charge in [0.15, 0.2) is 0 Å². The Kier molecular flexibility index (Phi) is 6.83. The summed E-state index contributed by atoms with van der Waals surface area (Å²) in [6.45, 7) is 9.92. The van der Waals surface area contributed by atoms with Gasteiger partial charge in [-0.1, -0.05) is 39.5 Å². The number of hydrogen-bond acceptors (Lipinski definition) is 2. The molecule has 2 aliphatic carbocycles. The summed E-state index contributed by atoms with van der Waals surface area (Å²) in [6.07, 6.45) is 14.1. The van der Waals surface area contributed by atoms with Gasteiger partial charge < -0.3 is 10.2 Å². The van der Waals surface area contributed by atoms with Gasteiger partial charge in [-0.05, 0) is 57.0 Å². The zero-order valence-corrected chi connectivity index (χ0v) is 13.9. The maximum absolute atomic E-state index is 3.83. The van der Waals surface area contributed by atoms with Crippen LogP contribution in [0.3, 0.4) is 0 Å². The Hall–Kier alpha value is -0.0800. The molecule has 1 N–H and O–H groups in total. The van der Waals surface area contributed by atoms with Crippen molar-refractivity contribution in [3.05, 3.63) is 0 Å². The Balaban J connectivity index is 1.84. The summed E-state index contributed by atoms with van der Waals surface area (Å²) >= 11 is 0. The summed E-state index contributed by atoms with van der Waals surface area (Å²) in [5, 5.41) is 3.83. The van der Waals surface area contributed by atoms with Crippen molar-refractivity contribution in [1.82, 2.24) is 10.2 Å². The predicted molar refractivity (Wildman–Crippen MR) is 88.2 cm³/mol. The molecule has 0 spiro atoms. The van der Waals surface area contributed by atoms with E-state index in [9.17, 15) is 0 Å². The minimum Gasteiger partial charge on any atom is -0.313 e. The lowest BCUT2D eigenvalue weighted by Crippen LogP contribution is -2.43. The molecule has 0 amide bonds. The molecule has 2 rings (SSSR count). The minimum absolute atomic E-state index is 0.601. The van der Waals surface area contributed by atoms with Crippen LogP contribution in [0.1, 0.15) is 78.1 Å². The number of nitrogens with one attached hydrogen (secondary N) is 1. The highest BCUT2D eigenvalue weighted by Crippen LogP contribution is 2.39. The van der Waals surface area contributed by atoms with Gasteiger partial charge in [0.1, 0.15) is 0 Å². The summed E-state index contributed by atoms with van der Waals surface area (Å²) in [6, 6.07) is 0.868. The van der Waals surface area contributed by atoms with Gasteiger partial charge >= 0.3 is 0 Å². The van der Waals surface area contributed by atoms with Crippen molar-refractivity contribution in [2.75, 3.05) is 26.2 Å². The Bertz CT molecular complexity index is 246. The number of unbranched alkanes of at least 4 members (excludes halogenated alkanes) is 2. The Morgan fingerprint density at radius 1 is 1.00 bits per heavy atom. The van der Waals surface area contributed by atoms with E-state index in [2.05, 4.69) is 24.1 Å². The third-order valence-electron chi connectivity index (χ3n) is 5.22.